The Balaban J connectivity index is 2.32. The summed E-state index contributed by atoms with van der Waals surface area (Å²) in [6.07, 6.45) is -0.0478. The Bertz CT molecular complexity index is 579. The standard InChI is InChI=1S/C18H29N3O6/c1-13(2)19-11-16(22)12-26-17-6-4-15(5-7-17)10-18(23)20-14(3)8-9-27-21(24)25/h4-7,13-14,16,19,22H,8-12H2,1-3H3,(H,20,23). The number of carbonyl (C=O) groups excluding carboxylic acids is 1. The van der Waals surface area contributed by atoms with Gasteiger partial charge < -0.3 is 25.3 Å². The van der Waals surface area contributed by atoms with Crippen LogP contribution in [0.15, 0.2) is 24.3 Å². The maximum absolute atomic E-state index is 12.0. The fraction of sp³-hybridized carbons (Fsp3) is 0.611. The maximum Gasteiger partial charge on any atom is 0.294 e. The van der Waals surface area contributed by atoms with Gasteiger partial charge in [-0.3, -0.25) is 4.79 Å². The predicted octanol–water partition coefficient (Wildman–Crippen LogP) is 1.07. The number of carbonyl (C=O) groups is 1. The molecule has 1 rings (SSSR count). The summed E-state index contributed by atoms with van der Waals surface area (Å²) in [7, 11) is 0. The monoisotopic (exact) mass is 383 g/mol. The molecule has 0 spiro atoms. The summed E-state index contributed by atoms with van der Waals surface area (Å²) < 4.78 is 5.53. The van der Waals surface area contributed by atoms with Crippen molar-refractivity contribution in [3.63, 3.8) is 0 Å². The second kappa shape index (κ2) is 12.1. The van der Waals surface area contributed by atoms with Gasteiger partial charge in [0.2, 0.25) is 5.91 Å². The van der Waals surface area contributed by atoms with Crippen LogP contribution in [0.3, 0.4) is 0 Å². The van der Waals surface area contributed by atoms with Gasteiger partial charge in [-0.25, -0.2) is 0 Å². The normalized spacial score (nSPS) is 13.1. The van der Waals surface area contributed by atoms with Crippen molar-refractivity contribution in [2.45, 2.75) is 51.8 Å². The van der Waals surface area contributed by atoms with Gasteiger partial charge in [0.15, 0.2) is 0 Å². The second-order valence-corrected chi connectivity index (χ2v) is 6.66. The van der Waals surface area contributed by atoms with Gasteiger partial charge in [0.05, 0.1) is 13.0 Å². The Labute approximate surface area is 159 Å². The molecule has 9 nitrogen and oxygen atoms in total. The van der Waals surface area contributed by atoms with Crippen LogP contribution in [-0.2, 0) is 16.1 Å². The first-order valence-corrected chi connectivity index (χ1v) is 8.96. The zero-order valence-corrected chi connectivity index (χ0v) is 16.0. The first kappa shape index (κ1) is 22.7. The molecule has 0 fully saturated rings. The quantitative estimate of drug-likeness (QED) is 0.344. The van der Waals surface area contributed by atoms with Crippen molar-refractivity contribution in [1.29, 1.82) is 0 Å². The lowest BCUT2D eigenvalue weighted by Crippen LogP contribution is -2.35. The third kappa shape index (κ3) is 11.0. The lowest BCUT2D eigenvalue weighted by atomic mass is 10.1. The molecular weight excluding hydrogens is 354 g/mol. The Morgan fingerprint density at radius 2 is 1.93 bits per heavy atom. The lowest BCUT2D eigenvalue weighted by Gasteiger charge is -2.15. The molecule has 2 unspecified atom stereocenters. The van der Waals surface area contributed by atoms with Crippen LogP contribution in [-0.4, -0.2) is 54.0 Å². The third-order valence-corrected chi connectivity index (χ3v) is 3.65. The van der Waals surface area contributed by atoms with E-state index in [4.69, 9.17) is 4.74 Å². The average molecular weight is 383 g/mol. The van der Waals surface area contributed by atoms with E-state index in [1.54, 1.807) is 31.2 Å². The van der Waals surface area contributed by atoms with E-state index < -0.39 is 11.2 Å². The highest BCUT2D eigenvalue weighted by molar-refractivity contribution is 5.78. The van der Waals surface area contributed by atoms with Gasteiger partial charge in [-0.05, 0) is 31.0 Å². The number of aliphatic hydroxyl groups is 1. The summed E-state index contributed by atoms with van der Waals surface area (Å²) in [6, 6.07) is 7.15. The van der Waals surface area contributed by atoms with Crippen LogP contribution in [0.1, 0.15) is 32.8 Å². The Hall–Kier alpha value is -2.39. The van der Waals surface area contributed by atoms with Crippen LogP contribution in [0.2, 0.25) is 0 Å². The van der Waals surface area contributed by atoms with Crippen molar-refractivity contribution in [3.8, 4) is 5.75 Å². The van der Waals surface area contributed by atoms with Crippen LogP contribution in [0.25, 0.3) is 0 Å². The first-order valence-electron chi connectivity index (χ1n) is 8.96. The number of rotatable bonds is 13. The zero-order chi connectivity index (χ0) is 20.2. The van der Waals surface area contributed by atoms with Gasteiger partial charge in [0.25, 0.3) is 5.09 Å². The number of hydrogen-bond acceptors (Lipinski definition) is 7. The molecular formula is C18H29N3O6. The van der Waals surface area contributed by atoms with E-state index >= 15 is 0 Å². The molecule has 1 amide bonds. The number of nitrogens with zero attached hydrogens (tertiary/aromatic N) is 1. The van der Waals surface area contributed by atoms with Crippen LogP contribution < -0.4 is 15.4 Å². The molecule has 27 heavy (non-hydrogen) atoms. The Kier molecular flexibility index (Phi) is 10.1. The van der Waals surface area contributed by atoms with Crippen molar-refractivity contribution < 1.29 is 24.6 Å². The smallest absolute Gasteiger partial charge is 0.294 e. The van der Waals surface area contributed by atoms with Crippen molar-refractivity contribution >= 4 is 5.91 Å². The van der Waals surface area contributed by atoms with Crippen molar-refractivity contribution in [2.75, 3.05) is 19.8 Å². The molecule has 0 aliphatic heterocycles. The number of amides is 1. The van der Waals surface area contributed by atoms with Gasteiger partial charge in [-0.2, -0.15) is 0 Å². The van der Waals surface area contributed by atoms with E-state index in [2.05, 4.69) is 15.5 Å². The van der Waals surface area contributed by atoms with Gasteiger partial charge in [0, 0.05) is 18.6 Å². The highest BCUT2D eigenvalue weighted by Crippen LogP contribution is 2.13. The minimum atomic E-state index is -0.849. The fourth-order valence-corrected chi connectivity index (χ4v) is 2.21. The van der Waals surface area contributed by atoms with Crippen LogP contribution in [0.4, 0.5) is 0 Å². The minimum Gasteiger partial charge on any atom is -0.491 e. The van der Waals surface area contributed by atoms with Gasteiger partial charge in [-0.15, -0.1) is 10.1 Å². The molecule has 0 saturated carbocycles. The molecule has 0 bridgehead atoms. The predicted molar refractivity (Wildman–Crippen MR) is 100.0 cm³/mol. The molecule has 0 aliphatic rings. The molecule has 1 aromatic carbocycles. The second-order valence-electron chi connectivity index (χ2n) is 6.66. The maximum atomic E-state index is 12.0. The summed E-state index contributed by atoms with van der Waals surface area (Å²) in [4.78, 5) is 26.3. The lowest BCUT2D eigenvalue weighted by molar-refractivity contribution is -0.757. The largest absolute Gasteiger partial charge is 0.491 e. The van der Waals surface area contributed by atoms with E-state index in [1.807, 2.05) is 13.8 Å². The molecule has 152 valence electrons. The van der Waals surface area contributed by atoms with Gasteiger partial charge in [-0.1, -0.05) is 26.0 Å². The SMILES string of the molecule is CC(C)NCC(O)COc1ccc(CC(=O)NC(C)CCO[N+](=O)[O-])cc1. The third-order valence-electron chi connectivity index (χ3n) is 3.65. The number of benzene rings is 1. The molecule has 0 aromatic heterocycles. The van der Waals surface area contributed by atoms with E-state index in [1.165, 1.54) is 0 Å². The van der Waals surface area contributed by atoms with E-state index in [-0.39, 0.29) is 31.6 Å². The first-order chi connectivity index (χ1) is 12.8. The molecule has 0 aliphatic carbocycles. The summed E-state index contributed by atoms with van der Waals surface area (Å²) in [5, 5.41) is 25.0. The van der Waals surface area contributed by atoms with E-state index in [9.17, 15) is 20.0 Å². The molecule has 2 atom stereocenters. The van der Waals surface area contributed by atoms with Crippen molar-refractivity contribution in [1.82, 2.24) is 10.6 Å². The average Bonchev–Trinajstić information content (AvgIpc) is 2.58. The van der Waals surface area contributed by atoms with Crippen LogP contribution in [0.5, 0.6) is 5.75 Å². The topological polar surface area (TPSA) is 123 Å². The molecule has 3 N–H and O–H groups in total. The Morgan fingerprint density at radius 3 is 2.52 bits per heavy atom. The molecule has 0 radical (unpaired) electrons. The summed E-state index contributed by atoms with van der Waals surface area (Å²) >= 11 is 0. The van der Waals surface area contributed by atoms with Crippen molar-refractivity contribution in [3.05, 3.63) is 39.9 Å². The molecule has 9 heteroatoms. The van der Waals surface area contributed by atoms with E-state index in [0.29, 0.717) is 24.8 Å². The van der Waals surface area contributed by atoms with Crippen LogP contribution >= 0.6 is 0 Å². The number of ether oxygens (including phenoxy) is 1. The molecule has 0 saturated heterocycles. The number of aliphatic hydroxyl groups excluding tert-OH is 1. The summed E-state index contributed by atoms with van der Waals surface area (Å²) in [6.45, 7) is 6.36. The highest BCUT2D eigenvalue weighted by Gasteiger charge is 2.10. The zero-order valence-electron chi connectivity index (χ0n) is 16.0. The summed E-state index contributed by atoms with van der Waals surface area (Å²) in [5.74, 6) is 0.445. The van der Waals surface area contributed by atoms with Gasteiger partial charge in [0.1, 0.15) is 18.5 Å². The molecule has 0 heterocycles. The molecule has 1 aromatic rings. The van der Waals surface area contributed by atoms with Crippen LogP contribution in [0, 0.1) is 10.1 Å². The van der Waals surface area contributed by atoms with E-state index in [0.717, 1.165) is 5.56 Å². The highest BCUT2D eigenvalue weighted by atomic mass is 16.9. The summed E-state index contributed by atoms with van der Waals surface area (Å²) in [5.41, 5.74) is 0.815. The number of nitrogens with one attached hydrogen (secondary N) is 2. The Morgan fingerprint density at radius 1 is 1.26 bits per heavy atom. The van der Waals surface area contributed by atoms with Crippen molar-refractivity contribution in [2.24, 2.45) is 0 Å². The fourth-order valence-electron chi connectivity index (χ4n) is 2.21. The number of hydrogen-bond donors (Lipinski definition) is 3. The van der Waals surface area contributed by atoms with Gasteiger partial charge >= 0.3 is 0 Å². The minimum absolute atomic E-state index is 0.0565.